The third-order valence-corrected chi connectivity index (χ3v) is 2.55. The van der Waals surface area contributed by atoms with Crippen LogP contribution in [0, 0.1) is 12.7 Å². The lowest BCUT2D eigenvalue weighted by molar-refractivity contribution is -0.139. The van der Waals surface area contributed by atoms with Crippen LogP contribution in [0.4, 0.5) is 4.39 Å². The molecule has 0 heterocycles. The zero-order chi connectivity index (χ0) is 13.5. The summed E-state index contributed by atoms with van der Waals surface area (Å²) < 4.78 is 18.4. The topological polar surface area (TPSA) is 58.6 Å². The average molecular weight is 255 g/mol. The highest BCUT2D eigenvalue weighted by atomic mass is 19.1. The van der Waals surface area contributed by atoms with Gasteiger partial charge in [-0.25, -0.2) is 4.39 Å². The lowest BCUT2D eigenvalue weighted by atomic mass is 10.2. The second-order valence-electron chi connectivity index (χ2n) is 4.00. The largest absolute Gasteiger partial charge is 0.494 e. The van der Waals surface area contributed by atoms with Gasteiger partial charge in [-0.3, -0.25) is 4.79 Å². The fraction of sp³-hybridized carbons (Fsp3) is 0.462. The number of aliphatic carboxylic acids is 1. The Morgan fingerprint density at radius 1 is 1.56 bits per heavy atom. The van der Waals surface area contributed by atoms with Crippen molar-refractivity contribution in [3.8, 4) is 5.75 Å². The third-order valence-electron chi connectivity index (χ3n) is 2.55. The molecule has 100 valence electrons. The SMILES string of the molecule is CCNC(CCOc1ccc(F)c(C)c1)C(=O)O. The normalized spacial score (nSPS) is 12.2. The molecule has 1 rings (SSSR count). The van der Waals surface area contributed by atoms with Gasteiger partial charge in [-0.15, -0.1) is 0 Å². The number of carboxylic acid groups (broad SMARTS) is 1. The second kappa shape index (κ2) is 6.96. The fourth-order valence-corrected chi connectivity index (χ4v) is 1.56. The summed E-state index contributed by atoms with van der Waals surface area (Å²) >= 11 is 0. The summed E-state index contributed by atoms with van der Waals surface area (Å²) in [7, 11) is 0. The maximum absolute atomic E-state index is 13.0. The van der Waals surface area contributed by atoms with Crippen LogP contribution >= 0.6 is 0 Å². The highest BCUT2D eigenvalue weighted by Gasteiger charge is 2.15. The zero-order valence-electron chi connectivity index (χ0n) is 10.6. The molecular weight excluding hydrogens is 237 g/mol. The monoisotopic (exact) mass is 255 g/mol. The van der Waals surface area contributed by atoms with Crippen molar-refractivity contribution in [1.29, 1.82) is 0 Å². The van der Waals surface area contributed by atoms with Crippen molar-refractivity contribution in [1.82, 2.24) is 5.32 Å². The molecule has 0 aromatic heterocycles. The fourth-order valence-electron chi connectivity index (χ4n) is 1.56. The summed E-state index contributed by atoms with van der Waals surface area (Å²) in [6, 6.07) is 3.85. The van der Waals surface area contributed by atoms with Crippen molar-refractivity contribution < 1.29 is 19.0 Å². The highest BCUT2D eigenvalue weighted by Crippen LogP contribution is 2.16. The summed E-state index contributed by atoms with van der Waals surface area (Å²) in [5.74, 6) is -0.622. The van der Waals surface area contributed by atoms with Crippen molar-refractivity contribution >= 4 is 5.97 Å². The molecule has 0 saturated heterocycles. The maximum Gasteiger partial charge on any atom is 0.320 e. The smallest absolute Gasteiger partial charge is 0.320 e. The number of carboxylic acids is 1. The molecule has 1 aromatic carbocycles. The van der Waals surface area contributed by atoms with E-state index in [1.165, 1.54) is 12.1 Å². The van der Waals surface area contributed by atoms with Crippen LogP contribution in [0.25, 0.3) is 0 Å². The summed E-state index contributed by atoms with van der Waals surface area (Å²) in [5.41, 5.74) is 0.508. The quantitative estimate of drug-likeness (QED) is 0.782. The Hall–Kier alpha value is -1.62. The third kappa shape index (κ3) is 4.33. The van der Waals surface area contributed by atoms with Crippen LogP contribution in [0.3, 0.4) is 0 Å². The van der Waals surface area contributed by atoms with Crippen LogP contribution in [-0.4, -0.2) is 30.3 Å². The van der Waals surface area contributed by atoms with E-state index in [-0.39, 0.29) is 12.4 Å². The molecule has 5 heteroatoms. The van der Waals surface area contributed by atoms with Crippen molar-refractivity contribution in [3.05, 3.63) is 29.6 Å². The van der Waals surface area contributed by atoms with E-state index in [2.05, 4.69) is 5.32 Å². The molecule has 1 aromatic rings. The Labute approximate surface area is 106 Å². The van der Waals surface area contributed by atoms with E-state index >= 15 is 0 Å². The molecule has 0 aliphatic carbocycles. The zero-order valence-corrected chi connectivity index (χ0v) is 10.6. The van der Waals surface area contributed by atoms with Crippen molar-refractivity contribution in [3.63, 3.8) is 0 Å². The first kappa shape index (κ1) is 14.4. The molecule has 0 amide bonds. The Kier molecular flexibility index (Phi) is 5.58. The minimum atomic E-state index is -0.893. The Bertz CT molecular complexity index is 409. The van der Waals surface area contributed by atoms with Gasteiger partial charge in [0.1, 0.15) is 17.6 Å². The molecule has 0 saturated carbocycles. The van der Waals surface area contributed by atoms with E-state index in [0.29, 0.717) is 24.3 Å². The van der Waals surface area contributed by atoms with Crippen molar-refractivity contribution in [2.75, 3.05) is 13.2 Å². The van der Waals surface area contributed by atoms with Crippen molar-refractivity contribution in [2.45, 2.75) is 26.3 Å². The molecule has 0 radical (unpaired) electrons. The number of nitrogens with one attached hydrogen (secondary N) is 1. The minimum absolute atomic E-state index is 0.273. The molecule has 0 spiro atoms. The Morgan fingerprint density at radius 2 is 2.28 bits per heavy atom. The lowest BCUT2D eigenvalue weighted by Gasteiger charge is -2.13. The van der Waals surface area contributed by atoms with Gasteiger partial charge >= 0.3 is 5.97 Å². The van der Waals surface area contributed by atoms with Crippen LogP contribution < -0.4 is 10.1 Å². The molecule has 0 aliphatic heterocycles. The number of ether oxygens (including phenoxy) is 1. The Balaban J connectivity index is 2.44. The summed E-state index contributed by atoms with van der Waals surface area (Å²) in [6.07, 6.45) is 0.361. The van der Waals surface area contributed by atoms with Crippen LogP contribution in [0.15, 0.2) is 18.2 Å². The summed E-state index contributed by atoms with van der Waals surface area (Å²) in [4.78, 5) is 10.9. The standard InChI is InChI=1S/C13H18FNO3/c1-3-15-12(13(16)17)6-7-18-10-4-5-11(14)9(2)8-10/h4-5,8,12,15H,3,6-7H2,1-2H3,(H,16,17). The molecule has 0 aliphatic rings. The average Bonchev–Trinajstić information content (AvgIpc) is 2.32. The molecular formula is C13H18FNO3. The summed E-state index contributed by atoms with van der Waals surface area (Å²) in [5, 5.41) is 11.8. The molecule has 0 fully saturated rings. The first-order valence-electron chi connectivity index (χ1n) is 5.89. The van der Waals surface area contributed by atoms with Gasteiger partial charge in [-0.05, 0) is 37.2 Å². The predicted octanol–water partition coefficient (Wildman–Crippen LogP) is 1.97. The van der Waals surface area contributed by atoms with Gasteiger partial charge in [-0.2, -0.15) is 0 Å². The van der Waals surface area contributed by atoms with Crippen molar-refractivity contribution in [2.24, 2.45) is 0 Å². The van der Waals surface area contributed by atoms with Gasteiger partial charge in [0.2, 0.25) is 0 Å². The van der Waals surface area contributed by atoms with Gasteiger partial charge in [0, 0.05) is 6.42 Å². The van der Waals surface area contributed by atoms with Gasteiger partial charge < -0.3 is 15.2 Å². The number of halogens is 1. The molecule has 1 unspecified atom stereocenters. The Morgan fingerprint density at radius 3 is 2.83 bits per heavy atom. The number of aryl methyl sites for hydroxylation is 1. The van der Waals surface area contributed by atoms with Gasteiger partial charge in [0.05, 0.1) is 6.61 Å². The molecule has 1 atom stereocenters. The first-order chi connectivity index (χ1) is 8.54. The molecule has 4 nitrogen and oxygen atoms in total. The molecule has 18 heavy (non-hydrogen) atoms. The van der Waals surface area contributed by atoms with E-state index in [4.69, 9.17) is 9.84 Å². The van der Waals surface area contributed by atoms with E-state index < -0.39 is 12.0 Å². The second-order valence-corrected chi connectivity index (χ2v) is 4.00. The van der Waals surface area contributed by atoms with Gasteiger partial charge in [0.25, 0.3) is 0 Å². The van der Waals surface area contributed by atoms with E-state index in [1.807, 2.05) is 6.92 Å². The van der Waals surface area contributed by atoms with E-state index in [0.717, 1.165) is 0 Å². The van der Waals surface area contributed by atoms with Gasteiger partial charge in [-0.1, -0.05) is 6.92 Å². The molecule has 2 N–H and O–H groups in total. The minimum Gasteiger partial charge on any atom is -0.494 e. The number of rotatable bonds is 7. The van der Waals surface area contributed by atoms with Crippen LogP contribution in [0.1, 0.15) is 18.9 Å². The highest BCUT2D eigenvalue weighted by molar-refractivity contribution is 5.73. The van der Waals surface area contributed by atoms with Crippen LogP contribution in [-0.2, 0) is 4.79 Å². The first-order valence-corrected chi connectivity index (χ1v) is 5.89. The predicted molar refractivity (Wildman–Crippen MR) is 66.3 cm³/mol. The summed E-state index contributed by atoms with van der Waals surface area (Å²) in [6.45, 7) is 4.36. The van der Waals surface area contributed by atoms with Crippen LogP contribution in [0.5, 0.6) is 5.75 Å². The number of likely N-dealkylation sites (N-methyl/N-ethyl adjacent to an activating group) is 1. The number of hydrogen-bond acceptors (Lipinski definition) is 3. The number of benzene rings is 1. The molecule has 0 bridgehead atoms. The van der Waals surface area contributed by atoms with E-state index in [1.54, 1.807) is 13.0 Å². The maximum atomic E-state index is 13.0. The number of carbonyl (C=O) groups is 1. The van der Waals surface area contributed by atoms with Gasteiger partial charge in [0.15, 0.2) is 0 Å². The van der Waals surface area contributed by atoms with Crippen LogP contribution in [0.2, 0.25) is 0 Å². The van der Waals surface area contributed by atoms with E-state index in [9.17, 15) is 9.18 Å². The lowest BCUT2D eigenvalue weighted by Crippen LogP contribution is -2.37. The number of hydrogen-bond donors (Lipinski definition) is 2.